The first-order chi connectivity index (χ1) is 13.7. The maximum Gasteiger partial charge on any atom is 0.226 e. The molecule has 0 spiro atoms. The van der Waals surface area contributed by atoms with Crippen LogP contribution in [0.1, 0.15) is 16.1 Å². The van der Waals surface area contributed by atoms with E-state index in [4.69, 9.17) is 9.72 Å². The zero-order chi connectivity index (χ0) is 19.3. The highest BCUT2D eigenvalue weighted by Gasteiger charge is 2.33. The summed E-state index contributed by atoms with van der Waals surface area (Å²) >= 11 is 1.65. The number of benzene rings is 1. The third-order valence-corrected chi connectivity index (χ3v) is 5.66. The Labute approximate surface area is 168 Å². The summed E-state index contributed by atoms with van der Waals surface area (Å²) in [6.07, 6.45) is 4.24. The van der Waals surface area contributed by atoms with Gasteiger partial charge in [0.25, 0.3) is 0 Å². The van der Waals surface area contributed by atoms with Crippen molar-refractivity contribution in [2.24, 2.45) is 5.92 Å². The fraction of sp³-hybridized carbons (Fsp3) is 0.286. The summed E-state index contributed by atoms with van der Waals surface area (Å²) in [5.41, 5.74) is 2.02. The fourth-order valence-electron chi connectivity index (χ4n) is 3.19. The third kappa shape index (κ3) is 4.31. The summed E-state index contributed by atoms with van der Waals surface area (Å²) in [6.45, 7) is 1.95. The number of methoxy groups -OCH3 is 1. The number of hydrogen-bond acceptors (Lipinski definition) is 6. The molecule has 1 aliphatic rings. The molecule has 1 amide bonds. The number of nitrogens with zero attached hydrogens (tertiary/aromatic N) is 3. The van der Waals surface area contributed by atoms with Crippen LogP contribution in [0, 0.1) is 5.92 Å². The van der Waals surface area contributed by atoms with Gasteiger partial charge in [-0.05, 0) is 29.1 Å². The van der Waals surface area contributed by atoms with Crippen molar-refractivity contribution in [1.82, 2.24) is 15.3 Å². The van der Waals surface area contributed by atoms with Crippen molar-refractivity contribution in [1.29, 1.82) is 0 Å². The van der Waals surface area contributed by atoms with Gasteiger partial charge in [0.05, 0.1) is 31.5 Å². The van der Waals surface area contributed by atoms with Crippen LogP contribution in [0.25, 0.3) is 0 Å². The van der Waals surface area contributed by atoms with Crippen molar-refractivity contribution in [3.63, 3.8) is 0 Å². The van der Waals surface area contributed by atoms with Crippen LogP contribution in [0.2, 0.25) is 0 Å². The fourth-order valence-corrected chi connectivity index (χ4v) is 3.83. The summed E-state index contributed by atoms with van der Waals surface area (Å²) in [5, 5.41) is 5.03. The quantitative estimate of drug-likeness (QED) is 0.667. The monoisotopic (exact) mass is 394 g/mol. The van der Waals surface area contributed by atoms with Crippen molar-refractivity contribution in [3.05, 3.63) is 70.3 Å². The number of ether oxygens (including phenoxy) is 1. The molecule has 3 aromatic rings. The highest BCUT2D eigenvalue weighted by Crippen LogP contribution is 2.23. The lowest BCUT2D eigenvalue weighted by Crippen LogP contribution is -2.54. The van der Waals surface area contributed by atoms with E-state index in [-0.39, 0.29) is 11.8 Å². The molecule has 7 heteroatoms. The Kier molecular flexibility index (Phi) is 5.53. The summed E-state index contributed by atoms with van der Waals surface area (Å²) in [6, 6.07) is 12.0. The maximum absolute atomic E-state index is 12.3. The van der Waals surface area contributed by atoms with Gasteiger partial charge in [-0.25, -0.2) is 4.98 Å². The molecule has 144 valence electrons. The Morgan fingerprint density at radius 2 is 2.18 bits per heavy atom. The highest BCUT2D eigenvalue weighted by atomic mass is 32.1. The normalized spacial score (nSPS) is 13.8. The summed E-state index contributed by atoms with van der Waals surface area (Å²) in [4.78, 5) is 24.6. The summed E-state index contributed by atoms with van der Waals surface area (Å²) < 4.78 is 5.28. The molecule has 1 fully saturated rings. The first-order valence-electron chi connectivity index (χ1n) is 9.20. The second-order valence-electron chi connectivity index (χ2n) is 6.80. The van der Waals surface area contributed by atoms with E-state index in [1.807, 2.05) is 35.7 Å². The minimum Gasteiger partial charge on any atom is -0.497 e. The van der Waals surface area contributed by atoms with Gasteiger partial charge in [0.2, 0.25) is 5.91 Å². The van der Waals surface area contributed by atoms with Crippen molar-refractivity contribution >= 4 is 23.1 Å². The van der Waals surface area contributed by atoms with Gasteiger partial charge >= 0.3 is 0 Å². The average Bonchev–Trinajstić information content (AvgIpc) is 3.19. The van der Waals surface area contributed by atoms with E-state index in [2.05, 4.69) is 21.3 Å². The van der Waals surface area contributed by atoms with E-state index in [1.165, 1.54) is 4.88 Å². The molecule has 0 aliphatic carbocycles. The number of nitrogens with one attached hydrogen (secondary N) is 1. The van der Waals surface area contributed by atoms with E-state index in [0.29, 0.717) is 26.1 Å². The molecule has 0 unspecified atom stereocenters. The van der Waals surface area contributed by atoms with Crippen molar-refractivity contribution < 1.29 is 9.53 Å². The van der Waals surface area contributed by atoms with Crippen molar-refractivity contribution in [2.75, 3.05) is 25.1 Å². The minimum absolute atomic E-state index is 0.00352. The second-order valence-corrected chi connectivity index (χ2v) is 7.83. The number of hydrogen-bond donors (Lipinski definition) is 1. The Morgan fingerprint density at radius 3 is 2.96 bits per heavy atom. The topological polar surface area (TPSA) is 67.3 Å². The summed E-state index contributed by atoms with van der Waals surface area (Å²) in [7, 11) is 1.66. The van der Waals surface area contributed by atoms with Gasteiger partial charge in [-0.3, -0.25) is 9.78 Å². The molecule has 28 heavy (non-hydrogen) atoms. The molecule has 0 radical (unpaired) electrons. The number of carbonyl (C=O) groups excluding carboxylic acids is 1. The van der Waals surface area contributed by atoms with Gasteiger partial charge in [-0.1, -0.05) is 18.2 Å². The van der Waals surface area contributed by atoms with E-state index in [1.54, 1.807) is 30.8 Å². The molecule has 1 N–H and O–H groups in total. The first kappa shape index (κ1) is 18.4. The van der Waals surface area contributed by atoms with E-state index in [9.17, 15) is 4.79 Å². The van der Waals surface area contributed by atoms with Gasteiger partial charge in [0.1, 0.15) is 11.6 Å². The Morgan fingerprint density at radius 1 is 1.29 bits per heavy atom. The van der Waals surface area contributed by atoms with Crippen molar-refractivity contribution in [3.8, 4) is 5.75 Å². The predicted molar refractivity (Wildman–Crippen MR) is 110 cm³/mol. The molecule has 3 heterocycles. The highest BCUT2D eigenvalue weighted by molar-refractivity contribution is 7.09. The van der Waals surface area contributed by atoms with Crippen LogP contribution in [-0.2, 0) is 17.8 Å². The predicted octanol–water partition coefficient (Wildman–Crippen LogP) is 2.89. The van der Waals surface area contributed by atoms with Gasteiger partial charge in [0, 0.05) is 30.6 Å². The molecule has 0 bridgehead atoms. The second kappa shape index (κ2) is 8.39. The first-order valence-corrected chi connectivity index (χ1v) is 10.1. The van der Waals surface area contributed by atoms with Crippen LogP contribution < -0.4 is 15.0 Å². The SMILES string of the molecule is COc1cccc(Cc2cncc(N3CC(C(=O)NCc4cccs4)C3)n2)c1. The minimum atomic E-state index is 0.00352. The maximum atomic E-state index is 12.3. The van der Waals surface area contributed by atoms with E-state index in [0.717, 1.165) is 22.8 Å². The van der Waals surface area contributed by atoms with Crippen LogP contribution in [0.4, 0.5) is 5.82 Å². The standard InChI is InChI=1S/C21H22N4O2S/c1-27-18-5-2-4-15(9-18)8-17-10-22-12-20(24-17)25-13-16(14-25)21(26)23-11-19-6-3-7-28-19/h2-7,9-10,12,16H,8,11,13-14H2,1H3,(H,23,26). The largest absolute Gasteiger partial charge is 0.497 e. The molecular formula is C21H22N4O2S. The molecule has 6 nitrogen and oxygen atoms in total. The molecular weight excluding hydrogens is 372 g/mol. The number of anilines is 1. The average molecular weight is 395 g/mol. The van der Waals surface area contributed by atoms with Gasteiger partial charge in [-0.15, -0.1) is 11.3 Å². The lowest BCUT2D eigenvalue weighted by molar-refractivity contribution is -0.125. The lowest BCUT2D eigenvalue weighted by Gasteiger charge is -2.39. The number of rotatable bonds is 7. The molecule has 0 saturated carbocycles. The Bertz CT molecular complexity index is 939. The zero-order valence-electron chi connectivity index (χ0n) is 15.7. The van der Waals surface area contributed by atoms with Crippen LogP contribution in [0.3, 0.4) is 0 Å². The van der Waals surface area contributed by atoms with Crippen LogP contribution >= 0.6 is 11.3 Å². The van der Waals surface area contributed by atoms with Crippen molar-refractivity contribution in [2.45, 2.75) is 13.0 Å². The lowest BCUT2D eigenvalue weighted by atomic mass is 9.99. The van der Waals surface area contributed by atoms with E-state index < -0.39 is 0 Å². The number of aromatic nitrogens is 2. The number of carbonyl (C=O) groups is 1. The van der Waals surface area contributed by atoms with Gasteiger partial charge in [0.15, 0.2) is 0 Å². The van der Waals surface area contributed by atoms with Crippen LogP contribution in [0.5, 0.6) is 5.75 Å². The van der Waals surface area contributed by atoms with Gasteiger partial charge < -0.3 is 15.0 Å². The summed E-state index contributed by atoms with van der Waals surface area (Å²) in [5.74, 6) is 1.76. The molecule has 4 rings (SSSR count). The van der Waals surface area contributed by atoms with E-state index >= 15 is 0 Å². The molecule has 1 aromatic carbocycles. The molecule has 0 atom stereocenters. The Hall–Kier alpha value is -2.93. The number of amides is 1. The smallest absolute Gasteiger partial charge is 0.226 e. The zero-order valence-corrected chi connectivity index (χ0v) is 16.5. The number of thiophene rings is 1. The van der Waals surface area contributed by atoms with Crippen LogP contribution in [-0.4, -0.2) is 36.1 Å². The molecule has 1 saturated heterocycles. The van der Waals surface area contributed by atoms with Gasteiger partial charge in [-0.2, -0.15) is 0 Å². The Balaban J connectivity index is 1.32. The van der Waals surface area contributed by atoms with Crippen LogP contribution in [0.15, 0.2) is 54.2 Å². The molecule has 1 aliphatic heterocycles. The third-order valence-electron chi connectivity index (χ3n) is 4.78. The molecule has 2 aromatic heterocycles.